The summed E-state index contributed by atoms with van der Waals surface area (Å²) in [7, 11) is 0. The summed E-state index contributed by atoms with van der Waals surface area (Å²) < 4.78 is 12.9. The third-order valence-electron chi connectivity index (χ3n) is 14.1. The van der Waals surface area contributed by atoms with Crippen LogP contribution >= 0.6 is 0 Å². The van der Waals surface area contributed by atoms with Gasteiger partial charge in [-0.3, -0.25) is 0 Å². The van der Waals surface area contributed by atoms with Crippen molar-refractivity contribution in [3.63, 3.8) is 0 Å². The van der Waals surface area contributed by atoms with Gasteiger partial charge < -0.3 is 13.7 Å². The number of nitrogens with zero attached hydrogens (tertiary/aromatic N) is 1. The van der Waals surface area contributed by atoms with Gasteiger partial charge in [0.05, 0.1) is 0 Å². The molecule has 60 heavy (non-hydrogen) atoms. The number of allylic oxidation sites excluding steroid dienone is 3. The zero-order chi connectivity index (χ0) is 40.0. The van der Waals surface area contributed by atoms with Gasteiger partial charge in [0.15, 0.2) is 0 Å². The molecule has 0 saturated heterocycles. The molecule has 3 nitrogen and oxygen atoms in total. The lowest BCUT2D eigenvalue weighted by atomic mass is 9.43. The Morgan fingerprint density at radius 3 is 1.73 bits per heavy atom. The van der Waals surface area contributed by atoms with Gasteiger partial charge in [0.1, 0.15) is 22.5 Å². The zero-order valence-corrected chi connectivity index (χ0v) is 33.9. The average Bonchev–Trinajstić information content (AvgIpc) is 3.87. The second kappa shape index (κ2) is 13.6. The van der Waals surface area contributed by atoms with Crippen LogP contribution in [0.1, 0.15) is 49.5 Å². The second-order valence-corrected chi connectivity index (χ2v) is 17.4. The van der Waals surface area contributed by atoms with E-state index in [1.165, 1.54) is 34.1 Å². The van der Waals surface area contributed by atoms with E-state index in [0.29, 0.717) is 23.2 Å². The van der Waals surface area contributed by atoms with E-state index in [1.54, 1.807) is 0 Å². The molecule has 7 aromatic carbocycles. The Balaban J connectivity index is 0.889. The number of hydrogen-bond acceptors (Lipinski definition) is 3. The molecule has 9 aromatic rings. The molecule has 3 unspecified atom stereocenters. The molecule has 0 bridgehead atoms. The highest BCUT2D eigenvalue weighted by molar-refractivity contribution is 6.09. The monoisotopic (exact) mass is 775 g/mol. The quantitative estimate of drug-likeness (QED) is 0.144. The van der Waals surface area contributed by atoms with E-state index in [1.807, 2.05) is 12.1 Å². The first-order valence-electron chi connectivity index (χ1n) is 21.5. The number of anilines is 3. The average molecular weight is 776 g/mol. The molecule has 3 heteroatoms. The fourth-order valence-electron chi connectivity index (χ4n) is 10.6. The van der Waals surface area contributed by atoms with Crippen molar-refractivity contribution in [3.05, 3.63) is 193 Å². The predicted octanol–water partition coefficient (Wildman–Crippen LogP) is 16.1. The Labute approximate surface area is 350 Å². The first-order valence-corrected chi connectivity index (χ1v) is 21.5. The van der Waals surface area contributed by atoms with Gasteiger partial charge >= 0.3 is 0 Å². The van der Waals surface area contributed by atoms with Crippen molar-refractivity contribution in [3.8, 4) is 33.4 Å². The Morgan fingerprint density at radius 1 is 0.567 bits per heavy atom. The van der Waals surface area contributed by atoms with Gasteiger partial charge in [-0.1, -0.05) is 147 Å². The third-order valence-corrected chi connectivity index (χ3v) is 14.1. The molecule has 3 aliphatic rings. The summed E-state index contributed by atoms with van der Waals surface area (Å²) in [5, 5.41) is 3.50. The van der Waals surface area contributed by atoms with Gasteiger partial charge in [0, 0.05) is 49.9 Å². The van der Waals surface area contributed by atoms with Crippen LogP contribution in [0.15, 0.2) is 185 Å². The standard InChI is InChI=1S/C57H45NO2/c1-36(2)57-34-33-52(57)51(35-57)41-19-17-37(18-20-41)38-21-27-42(28-22-38)58(43-29-23-39(24-30-43)45-11-7-13-49-47-9-3-5-15-53(47)59-55(45)49)44-31-25-40(26-32-44)46-12-8-14-50-48-10-4-6-16-54(48)60-56(46)50/h3,5-9,11-34,36,51-52H,4,10,35H2,1-2H3. The van der Waals surface area contributed by atoms with Crippen molar-refractivity contribution in [1.82, 2.24) is 0 Å². The van der Waals surface area contributed by atoms with E-state index in [0.717, 1.165) is 85.4 Å². The predicted molar refractivity (Wildman–Crippen MR) is 249 cm³/mol. The fraction of sp³-hybridized carbons (Fsp3) is 0.158. The Morgan fingerprint density at radius 2 is 1.13 bits per heavy atom. The summed E-state index contributed by atoms with van der Waals surface area (Å²) in [4.78, 5) is 2.35. The van der Waals surface area contributed by atoms with Crippen LogP contribution in [0, 0.1) is 17.3 Å². The molecule has 1 saturated carbocycles. The minimum Gasteiger partial charge on any atom is -0.456 e. The van der Waals surface area contributed by atoms with Crippen molar-refractivity contribution in [1.29, 1.82) is 0 Å². The molecule has 3 aliphatic carbocycles. The Bertz CT molecular complexity index is 3140. The minimum atomic E-state index is 0.430. The summed E-state index contributed by atoms with van der Waals surface area (Å²) in [6, 6.07) is 57.4. The summed E-state index contributed by atoms with van der Waals surface area (Å²) in [6.45, 7) is 4.75. The molecule has 0 spiro atoms. The van der Waals surface area contributed by atoms with Gasteiger partial charge in [0.25, 0.3) is 0 Å². The highest BCUT2D eigenvalue weighted by atomic mass is 16.3. The van der Waals surface area contributed by atoms with E-state index in [9.17, 15) is 0 Å². The zero-order valence-electron chi connectivity index (χ0n) is 33.9. The molecule has 290 valence electrons. The molecule has 1 fully saturated rings. The highest BCUT2D eigenvalue weighted by Crippen LogP contribution is 2.66. The number of para-hydroxylation sites is 3. The van der Waals surface area contributed by atoms with Crippen LogP contribution in [0.25, 0.3) is 72.4 Å². The second-order valence-electron chi connectivity index (χ2n) is 17.4. The smallest absolute Gasteiger partial charge is 0.143 e. The molecule has 12 rings (SSSR count). The van der Waals surface area contributed by atoms with Crippen LogP contribution < -0.4 is 4.90 Å². The molecular weight excluding hydrogens is 731 g/mol. The van der Waals surface area contributed by atoms with Crippen LogP contribution in [0.4, 0.5) is 17.1 Å². The van der Waals surface area contributed by atoms with Crippen LogP contribution in [-0.2, 0) is 6.42 Å². The topological polar surface area (TPSA) is 29.5 Å². The number of hydrogen-bond donors (Lipinski definition) is 0. The molecule has 2 heterocycles. The molecule has 0 aliphatic heterocycles. The van der Waals surface area contributed by atoms with Crippen molar-refractivity contribution >= 4 is 56.0 Å². The molecule has 0 radical (unpaired) electrons. The molecule has 0 amide bonds. The van der Waals surface area contributed by atoms with E-state index < -0.39 is 0 Å². The van der Waals surface area contributed by atoms with Crippen molar-refractivity contribution in [2.75, 3.05) is 4.90 Å². The normalized spacial score (nSPS) is 19.1. The molecule has 2 aromatic heterocycles. The highest BCUT2D eigenvalue weighted by Gasteiger charge is 2.57. The molecular formula is C57H45NO2. The fourth-order valence-corrected chi connectivity index (χ4v) is 10.6. The largest absolute Gasteiger partial charge is 0.456 e. The number of furan rings is 2. The first-order chi connectivity index (χ1) is 29.5. The number of benzene rings is 7. The number of fused-ring (bicyclic) bond motifs is 7. The number of aryl methyl sites for hydroxylation is 1. The summed E-state index contributed by atoms with van der Waals surface area (Å²) >= 11 is 0. The Hall–Kier alpha value is -6.84. The number of rotatable bonds is 8. The van der Waals surface area contributed by atoms with E-state index in [-0.39, 0.29) is 0 Å². The van der Waals surface area contributed by atoms with Crippen molar-refractivity contribution in [2.45, 2.75) is 39.0 Å². The van der Waals surface area contributed by atoms with E-state index in [4.69, 9.17) is 8.83 Å². The minimum absolute atomic E-state index is 0.430. The van der Waals surface area contributed by atoms with Crippen LogP contribution in [0.2, 0.25) is 0 Å². The maximum Gasteiger partial charge on any atom is 0.143 e. The van der Waals surface area contributed by atoms with Gasteiger partial charge in [-0.05, 0) is 119 Å². The van der Waals surface area contributed by atoms with Crippen LogP contribution in [0.3, 0.4) is 0 Å². The lowest BCUT2D eigenvalue weighted by molar-refractivity contribution is 0.00837. The van der Waals surface area contributed by atoms with Gasteiger partial charge in [0.2, 0.25) is 0 Å². The SMILES string of the molecule is CC(C)C12C=CC1C(c1ccc(-c3ccc(N(c4ccc(-c5cccc6c7c(oc56)C=CCC7)cc4)c4ccc(-c5cccc6c5oc5ccccc56)cc4)cc3)cc1)C2. The van der Waals surface area contributed by atoms with Crippen molar-refractivity contribution in [2.24, 2.45) is 17.3 Å². The van der Waals surface area contributed by atoms with Gasteiger partial charge in [-0.25, -0.2) is 0 Å². The summed E-state index contributed by atoms with van der Waals surface area (Å²) in [6.07, 6.45) is 12.6. The summed E-state index contributed by atoms with van der Waals surface area (Å²) in [5.41, 5.74) is 16.2. The maximum absolute atomic E-state index is 6.48. The van der Waals surface area contributed by atoms with Gasteiger partial charge in [-0.2, -0.15) is 0 Å². The maximum atomic E-state index is 6.48. The first kappa shape index (κ1) is 35.1. The van der Waals surface area contributed by atoms with Crippen molar-refractivity contribution < 1.29 is 8.83 Å². The van der Waals surface area contributed by atoms with Gasteiger partial charge in [-0.15, -0.1) is 0 Å². The van der Waals surface area contributed by atoms with Crippen LogP contribution in [0.5, 0.6) is 0 Å². The lowest BCUT2D eigenvalue weighted by Gasteiger charge is -2.61. The lowest BCUT2D eigenvalue weighted by Crippen LogP contribution is -2.52. The summed E-state index contributed by atoms with van der Waals surface area (Å²) in [5.74, 6) is 3.03. The third kappa shape index (κ3) is 5.42. The molecule has 0 N–H and O–H groups in total. The Kier molecular flexibility index (Phi) is 7.97. The molecule has 3 atom stereocenters. The van der Waals surface area contributed by atoms with E-state index in [2.05, 4.69) is 189 Å². The van der Waals surface area contributed by atoms with Crippen LogP contribution in [-0.4, -0.2) is 0 Å². The van der Waals surface area contributed by atoms with E-state index >= 15 is 0 Å².